The van der Waals surface area contributed by atoms with Crippen LogP contribution in [-0.2, 0) is 25.7 Å². The fourth-order valence-corrected chi connectivity index (χ4v) is 6.75. The predicted octanol–water partition coefficient (Wildman–Crippen LogP) is 13.3. The Kier molecular flexibility index (Phi) is 18.8. The molecule has 0 saturated carbocycles. The minimum Gasteiger partial charge on any atom is -0.494 e. The van der Waals surface area contributed by atoms with Crippen LogP contribution in [0.5, 0.6) is 17.2 Å². The first-order valence-corrected chi connectivity index (χ1v) is 20.2. The molecule has 0 amide bonds. The monoisotopic (exact) mass is 748 g/mol. The lowest BCUT2D eigenvalue weighted by Crippen LogP contribution is -2.02. The van der Waals surface area contributed by atoms with Gasteiger partial charge in [0.25, 0.3) is 0 Å². The lowest BCUT2D eigenvalue weighted by Gasteiger charge is -2.11. The van der Waals surface area contributed by atoms with E-state index in [2.05, 4.69) is 6.92 Å². The van der Waals surface area contributed by atoms with Gasteiger partial charge in [0.05, 0.1) is 19.8 Å². The summed E-state index contributed by atoms with van der Waals surface area (Å²) in [6, 6.07) is 22.2. The summed E-state index contributed by atoms with van der Waals surface area (Å²) in [6.07, 6.45) is 16.8. The van der Waals surface area contributed by atoms with Gasteiger partial charge in [-0.25, -0.2) is 13.2 Å². The van der Waals surface area contributed by atoms with Crippen molar-refractivity contribution in [3.8, 4) is 17.2 Å². The fourth-order valence-electron chi connectivity index (χ4n) is 6.75. The average molecular weight is 749 g/mol. The molecule has 0 aliphatic carbocycles. The summed E-state index contributed by atoms with van der Waals surface area (Å²) in [4.78, 5) is 0. The molecule has 0 N–H and O–H groups in total. The summed E-state index contributed by atoms with van der Waals surface area (Å²) >= 11 is 0. The molecule has 0 radical (unpaired) electrons. The first-order valence-electron chi connectivity index (χ1n) is 20.2. The summed E-state index contributed by atoms with van der Waals surface area (Å²) in [5.41, 5.74) is 3.23. The van der Waals surface area contributed by atoms with E-state index in [1.807, 2.05) is 48.5 Å². The van der Waals surface area contributed by atoms with E-state index in [1.165, 1.54) is 70.3 Å². The van der Waals surface area contributed by atoms with E-state index in [0.29, 0.717) is 62.2 Å². The summed E-state index contributed by atoms with van der Waals surface area (Å²) in [6.45, 7) is 7.41. The second-order valence-electron chi connectivity index (χ2n) is 14.7. The summed E-state index contributed by atoms with van der Waals surface area (Å²) in [5.74, 6) is -0.793. The number of benzene rings is 4. The Labute approximate surface area is 321 Å². The van der Waals surface area contributed by atoms with Gasteiger partial charge >= 0.3 is 0 Å². The van der Waals surface area contributed by atoms with Gasteiger partial charge in [0.2, 0.25) is 5.82 Å². The van der Waals surface area contributed by atoms with Crippen molar-refractivity contribution < 1.29 is 31.8 Å². The van der Waals surface area contributed by atoms with E-state index in [4.69, 9.17) is 14.2 Å². The molecule has 0 aromatic heterocycles. The van der Waals surface area contributed by atoms with Crippen molar-refractivity contribution >= 4 is 0 Å². The molecule has 0 bridgehead atoms. The molecule has 54 heavy (non-hydrogen) atoms. The normalized spacial score (nSPS) is 11.8. The summed E-state index contributed by atoms with van der Waals surface area (Å²) in [7, 11) is 0. The van der Waals surface area contributed by atoms with Crippen LogP contribution < -0.4 is 14.2 Å². The molecule has 0 fully saturated rings. The molecule has 1 atom stereocenters. The van der Waals surface area contributed by atoms with Crippen LogP contribution in [0.3, 0.4) is 0 Å². The van der Waals surface area contributed by atoms with Crippen LogP contribution in [0, 0.1) is 36.1 Å². The predicted molar refractivity (Wildman–Crippen MR) is 212 cm³/mol. The highest BCUT2D eigenvalue weighted by Gasteiger charge is 2.15. The zero-order valence-electron chi connectivity index (χ0n) is 32.7. The Morgan fingerprint density at radius 3 is 1.41 bits per heavy atom. The average Bonchev–Trinajstić information content (AvgIpc) is 3.18. The molecular formula is C47H60F4O3. The second kappa shape index (κ2) is 23.7. The molecule has 0 spiro atoms. The van der Waals surface area contributed by atoms with Crippen LogP contribution in [0.1, 0.15) is 119 Å². The Hall–Kier alpha value is -4.00. The third-order valence-corrected chi connectivity index (χ3v) is 10.2. The van der Waals surface area contributed by atoms with Gasteiger partial charge in [-0.1, -0.05) is 114 Å². The third kappa shape index (κ3) is 14.7. The highest BCUT2D eigenvalue weighted by Crippen LogP contribution is 2.25. The van der Waals surface area contributed by atoms with Gasteiger partial charge in [0.1, 0.15) is 11.5 Å². The minimum atomic E-state index is -0.916. The van der Waals surface area contributed by atoms with Crippen molar-refractivity contribution in [3.63, 3.8) is 0 Å². The molecule has 4 aromatic rings. The van der Waals surface area contributed by atoms with Crippen LogP contribution in [0.15, 0.2) is 72.8 Å². The molecule has 4 rings (SSSR count). The van der Waals surface area contributed by atoms with Gasteiger partial charge in [-0.15, -0.1) is 0 Å². The third-order valence-electron chi connectivity index (χ3n) is 10.2. The maximum absolute atomic E-state index is 14.4. The number of hydrogen-bond donors (Lipinski definition) is 0. The van der Waals surface area contributed by atoms with Crippen molar-refractivity contribution in [1.29, 1.82) is 0 Å². The lowest BCUT2D eigenvalue weighted by atomic mass is 9.96. The van der Waals surface area contributed by atoms with Gasteiger partial charge < -0.3 is 14.2 Å². The van der Waals surface area contributed by atoms with E-state index in [-0.39, 0.29) is 5.75 Å². The van der Waals surface area contributed by atoms with Crippen LogP contribution in [-0.4, -0.2) is 19.8 Å². The molecule has 4 aromatic carbocycles. The number of ether oxygens (including phenoxy) is 3. The molecule has 3 nitrogen and oxygen atoms in total. The first-order chi connectivity index (χ1) is 26.2. The number of hydrogen-bond acceptors (Lipinski definition) is 3. The van der Waals surface area contributed by atoms with Gasteiger partial charge in [-0.3, -0.25) is 0 Å². The maximum Gasteiger partial charge on any atom is 0.200 e. The van der Waals surface area contributed by atoms with E-state index in [9.17, 15) is 17.6 Å². The molecule has 0 saturated heterocycles. The van der Waals surface area contributed by atoms with Gasteiger partial charge in [-0.05, 0) is 116 Å². The summed E-state index contributed by atoms with van der Waals surface area (Å²) < 4.78 is 73.4. The van der Waals surface area contributed by atoms with Crippen LogP contribution in [0.25, 0.3) is 0 Å². The second-order valence-corrected chi connectivity index (χ2v) is 14.7. The van der Waals surface area contributed by atoms with Gasteiger partial charge in [-0.2, -0.15) is 4.39 Å². The number of rotatable bonds is 26. The summed E-state index contributed by atoms with van der Waals surface area (Å²) in [5, 5.41) is 0. The molecule has 7 heteroatoms. The van der Waals surface area contributed by atoms with Crippen molar-refractivity contribution in [2.75, 3.05) is 19.8 Å². The zero-order valence-corrected chi connectivity index (χ0v) is 32.7. The van der Waals surface area contributed by atoms with E-state index in [0.717, 1.165) is 41.4 Å². The molecule has 294 valence electrons. The Morgan fingerprint density at radius 1 is 0.463 bits per heavy atom. The number of aryl methyl sites for hydroxylation is 5. The van der Waals surface area contributed by atoms with Crippen molar-refractivity contribution in [1.82, 2.24) is 0 Å². The SMILES string of the molecule is CCOc1ccc(CCc2ccc(OCCCCCCCC(C)CCCCCCCOc3ccc(CCc4ccc(C)c(F)c4F)cc3)cc2)c(F)c1F. The van der Waals surface area contributed by atoms with Gasteiger partial charge in [0.15, 0.2) is 23.2 Å². The van der Waals surface area contributed by atoms with Gasteiger partial charge in [0, 0.05) is 0 Å². The minimum absolute atomic E-state index is 0.0426. The van der Waals surface area contributed by atoms with Crippen molar-refractivity contribution in [3.05, 3.63) is 124 Å². The van der Waals surface area contributed by atoms with Crippen LogP contribution in [0.4, 0.5) is 17.6 Å². The quantitative estimate of drug-likeness (QED) is 0.0473. The Balaban J connectivity index is 0.932. The fraction of sp³-hybridized carbons (Fsp3) is 0.489. The zero-order chi connectivity index (χ0) is 38.5. The highest BCUT2D eigenvalue weighted by atomic mass is 19.2. The van der Waals surface area contributed by atoms with E-state index < -0.39 is 23.3 Å². The van der Waals surface area contributed by atoms with Crippen molar-refractivity contribution in [2.24, 2.45) is 5.92 Å². The van der Waals surface area contributed by atoms with Crippen LogP contribution in [0.2, 0.25) is 0 Å². The topological polar surface area (TPSA) is 27.7 Å². The molecular weight excluding hydrogens is 689 g/mol. The number of unbranched alkanes of at least 4 members (excludes halogenated alkanes) is 8. The molecule has 1 unspecified atom stereocenters. The maximum atomic E-state index is 14.4. The van der Waals surface area contributed by atoms with E-state index in [1.54, 1.807) is 32.0 Å². The smallest absolute Gasteiger partial charge is 0.200 e. The highest BCUT2D eigenvalue weighted by molar-refractivity contribution is 5.33. The van der Waals surface area contributed by atoms with Crippen LogP contribution >= 0.6 is 0 Å². The van der Waals surface area contributed by atoms with E-state index >= 15 is 0 Å². The Bertz CT molecular complexity index is 1660. The largest absolute Gasteiger partial charge is 0.494 e. The van der Waals surface area contributed by atoms with Crippen molar-refractivity contribution in [2.45, 2.75) is 124 Å². The number of halogens is 4. The Morgan fingerprint density at radius 2 is 0.907 bits per heavy atom. The molecule has 0 aliphatic rings. The standard InChI is InChI=1S/C47H60F4O3/c1-4-52-43-32-27-40(46(50)47(43)51)26-19-38-22-30-42(31-23-38)54-34-14-10-6-8-12-16-35(2)15-11-7-5-9-13-33-53-41-28-20-37(21-29-41)18-25-39-24-17-36(3)44(48)45(39)49/h17,20-24,27-32,35H,4-16,18-19,25-26,33-34H2,1-3H3. The lowest BCUT2D eigenvalue weighted by molar-refractivity contribution is 0.303. The molecule has 0 heterocycles. The molecule has 0 aliphatic heterocycles. The first kappa shape index (κ1) is 42.7.